The predicted molar refractivity (Wildman–Crippen MR) is 203 cm³/mol. The first-order valence-electron chi connectivity index (χ1n) is 19.2. The van der Waals surface area contributed by atoms with Gasteiger partial charge in [0.2, 0.25) is 5.91 Å². The lowest BCUT2D eigenvalue weighted by atomic mass is 9.82. The highest BCUT2D eigenvalue weighted by Crippen LogP contribution is 2.36. The van der Waals surface area contributed by atoms with Gasteiger partial charge in [0.05, 0.1) is 59.0 Å². The summed E-state index contributed by atoms with van der Waals surface area (Å²) in [6, 6.07) is 4.00. The Bertz CT molecular complexity index is 1240. The zero-order valence-corrected chi connectivity index (χ0v) is 33.0. The molecular formula is C40H67N3O9. The number of nitrogens with one attached hydrogen (secondary N) is 1. The molecule has 0 aromatic heterocycles. The average Bonchev–Trinajstić information content (AvgIpc) is 3.08. The van der Waals surface area contributed by atoms with Gasteiger partial charge in [-0.15, -0.1) is 0 Å². The van der Waals surface area contributed by atoms with Crippen LogP contribution in [0, 0.1) is 32.1 Å². The summed E-state index contributed by atoms with van der Waals surface area (Å²) < 4.78 is 28.7. The zero-order valence-electron chi connectivity index (χ0n) is 33.0. The molecule has 1 unspecified atom stereocenters. The largest absolute Gasteiger partial charge is 0.511 e. The molecule has 2 fully saturated rings. The molecule has 1 amide bonds. The fraction of sp³-hybridized carbons (Fsp3) is 0.750. The number of carbonyl (C=O) groups is 2. The van der Waals surface area contributed by atoms with Gasteiger partial charge in [-0.05, 0) is 75.5 Å². The summed E-state index contributed by atoms with van der Waals surface area (Å²) in [5, 5.41) is 24.1. The number of amides is 1. The predicted octanol–water partition coefficient (Wildman–Crippen LogP) is 4.78. The van der Waals surface area contributed by atoms with E-state index in [1.54, 1.807) is 0 Å². The van der Waals surface area contributed by atoms with E-state index in [0.29, 0.717) is 71.3 Å². The molecule has 12 heteroatoms. The number of rotatable bonds is 22. The maximum absolute atomic E-state index is 12.2. The topological polar surface area (TPSA) is 139 Å². The van der Waals surface area contributed by atoms with E-state index in [1.165, 1.54) is 0 Å². The number of carboxylic acids is 1. The third-order valence-electron chi connectivity index (χ3n) is 10.3. The second kappa shape index (κ2) is 22.6. The van der Waals surface area contributed by atoms with Gasteiger partial charge in [-0.25, -0.2) is 4.79 Å². The Balaban J connectivity index is 1.14. The van der Waals surface area contributed by atoms with E-state index in [0.717, 1.165) is 68.8 Å². The molecule has 1 aromatic rings. The second-order valence-corrected chi connectivity index (χ2v) is 15.4. The van der Waals surface area contributed by atoms with Gasteiger partial charge in [0.15, 0.2) is 0 Å². The molecule has 2 aliphatic rings. The summed E-state index contributed by atoms with van der Waals surface area (Å²) in [4.78, 5) is 29.0. The number of allylic oxidation sites excluding steroid dienone is 1. The molecule has 12 nitrogen and oxygen atoms in total. The Morgan fingerprint density at radius 1 is 0.769 bits per heavy atom. The minimum absolute atomic E-state index is 0.0165. The molecule has 3 N–H and O–H groups in total. The number of carboxylic acid groups (broad SMARTS) is 1. The van der Waals surface area contributed by atoms with Crippen LogP contribution in [-0.4, -0.2) is 143 Å². The van der Waals surface area contributed by atoms with Gasteiger partial charge in [0.25, 0.3) is 0 Å². The number of hydrogen-bond donors (Lipinski definition) is 3. The number of nitrogens with zero attached hydrogens (tertiary/aromatic N) is 2. The van der Waals surface area contributed by atoms with Gasteiger partial charge < -0.3 is 39.2 Å². The summed E-state index contributed by atoms with van der Waals surface area (Å²) in [5.41, 5.74) is 3.46. The molecule has 1 atom stereocenters. The third kappa shape index (κ3) is 15.4. The zero-order chi connectivity index (χ0) is 38.1. The standard InChI is InChI=1S/C40H67N3O9/c1-29-26-30(2)36(31(3)27-29)37(39(46)47)38(45)33-8-10-34(11-9-33)52-25-24-50-21-20-48-18-16-42-12-14-43(15-13-42)17-19-49-22-23-51-28-35(44)41-32(4)40(5,6)7/h26-27,32-34,45H,8-25,28H2,1-7H3,(H,41,44)(H,46,47)/b38-37+. The van der Waals surface area contributed by atoms with Crippen molar-refractivity contribution in [1.29, 1.82) is 0 Å². The number of carbonyl (C=O) groups excluding carboxylic acids is 1. The summed E-state index contributed by atoms with van der Waals surface area (Å²) in [7, 11) is 0. The summed E-state index contributed by atoms with van der Waals surface area (Å²) in [6.45, 7) is 24.2. The van der Waals surface area contributed by atoms with Crippen LogP contribution in [0.2, 0.25) is 0 Å². The third-order valence-corrected chi connectivity index (χ3v) is 10.3. The number of piperazine rings is 1. The number of aliphatic hydroxyl groups excluding tert-OH is 1. The highest BCUT2D eigenvalue weighted by Gasteiger charge is 2.30. The Kier molecular flexibility index (Phi) is 19.0. The maximum Gasteiger partial charge on any atom is 0.339 e. The molecule has 0 radical (unpaired) electrons. The van der Waals surface area contributed by atoms with Crippen molar-refractivity contribution in [2.24, 2.45) is 11.3 Å². The second-order valence-electron chi connectivity index (χ2n) is 15.4. The fourth-order valence-electron chi connectivity index (χ4n) is 6.73. The van der Waals surface area contributed by atoms with E-state index in [9.17, 15) is 19.8 Å². The van der Waals surface area contributed by atoms with E-state index >= 15 is 0 Å². The monoisotopic (exact) mass is 733 g/mol. The number of aryl methyl sites for hydroxylation is 3. The van der Waals surface area contributed by atoms with Crippen LogP contribution < -0.4 is 5.32 Å². The van der Waals surface area contributed by atoms with E-state index in [4.69, 9.17) is 23.7 Å². The van der Waals surface area contributed by atoms with Crippen molar-refractivity contribution in [2.45, 2.75) is 86.3 Å². The smallest absolute Gasteiger partial charge is 0.339 e. The normalized spacial score (nSPS) is 20.1. The van der Waals surface area contributed by atoms with Crippen LogP contribution in [0.15, 0.2) is 17.9 Å². The van der Waals surface area contributed by atoms with Gasteiger partial charge in [-0.3, -0.25) is 14.6 Å². The van der Waals surface area contributed by atoms with Gasteiger partial charge in [0.1, 0.15) is 17.9 Å². The van der Waals surface area contributed by atoms with Crippen LogP contribution in [0.1, 0.15) is 75.6 Å². The molecule has 1 aromatic carbocycles. The van der Waals surface area contributed by atoms with Crippen LogP contribution in [0.25, 0.3) is 5.57 Å². The van der Waals surface area contributed by atoms with Crippen LogP contribution in [-0.2, 0) is 33.3 Å². The lowest BCUT2D eigenvalue weighted by molar-refractivity contribution is -0.130. The van der Waals surface area contributed by atoms with Gasteiger partial charge in [0, 0.05) is 51.2 Å². The number of aliphatic carboxylic acids is 1. The molecule has 52 heavy (non-hydrogen) atoms. The van der Waals surface area contributed by atoms with Crippen LogP contribution in [0.5, 0.6) is 0 Å². The molecule has 296 valence electrons. The van der Waals surface area contributed by atoms with E-state index < -0.39 is 5.97 Å². The molecule has 0 spiro atoms. The first-order valence-corrected chi connectivity index (χ1v) is 19.2. The molecule has 3 rings (SSSR count). The minimum atomic E-state index is -1.09. The minimum Gasteiger partial charge on any atom is -0.511 e. The summed E-state index contributed by atoms with van der Waals surface area (Å²) in [6.07, 6.45) is 3.00. The van der Waals surface area contributed by atoms with Crippen LogP contribution in [0.4, 0.5) is 0 Å². The summed E-state index contributed by atoms with van der Waals surface area (Å²) >= 11 is 0. The average molecular weight is 734 g/mol. The van der Waals surface area contributed by atoms with E-state index in [-0.39, 0.29) is 47.3 Å². The quantitative estimate of drug-likeness (QED) is 0.0863. The van der Waals surface area contributed by atoms with Crippen molar-refractivity contribution in [2.75, 3.05) is 98.7 Å². The van der Waals surface area contributed by atoms with Crippen molar-refractivity contribution in [3.8, 4) is 0 Å². The van der Waals surface area contributed by atoms with E-state index in [2.05, 4.69) is 35.9 Å². The van der Waals surface area contributed by atoms with Crippen molar-refractivity contribution in [3.05, 3.63) is 40.1 Å². The van der Waals surface area contributed by atoms with E-state index in [1.807, 2.05) is 39.8 Å². The Morgan fingerprint density at radius 3 is 1.75 bits per heavy atom. The molecule has 1 saturated carbocycles. The Labute approximate surface area is 312 Å². The number of hydrogen-bond acceptors (Lipinski definition) is 10. The number of ether oxygens (including phenoxy) is 5. The first-order chi connectivity index (χ1) is 24.8. The molecule has 1 aliphatic carbocycles. The Morgan fingerprint density at radius 2 is 1.25 bits per heavy atom. The lowest BCUT2D eigenvalue weighted by Crippen LogP contribution is -2.48. The Hall–Kier alpha value is -2.58. The molecular weight excluding hydrogens is 666 g/mol. The van der Waals surface area contributed by atoms with Crippen LogP contribution >= 0.6 is 0 Å². The highest BCUT2D eigenvalue weighted by atomic mass is 16.5. The molecule has 1 saturated heterocycles. The number of aliphatic hydroxyl groups is 1. The highest BCUT2D eigenvalue weighted by molar-refractivity contribution is 6.17. The number of benzene rings is 1. The van der Waals surface area contributed by atoms with Crippen molar-refractivity contribution in [3.63, 3.8) is 0 Å². The van der Waals surface area contributed by atoms with Crippen LogP contribution in [0.3, 0.4) is 0 Å². The molecule has 0 bridgehead atoms. The molecule has 1 heterocycles. The SMILES string of the molecule is Cc1cc(C)c(/C(C(=O)O)=C(\O)C2CCC(OCCOCCOCCN3CCN(CCOCCOCC(=O)NC(C)C(C)(C)C)CC3)CC2)c(C)c1. The van der Waals surface area contributed by atoms with Gasteiger partial charge in [-0.1, -0.05) is 38.5 Å². The van der Waals surface area contributed by atoms with Gasteiger partial charge in [-0.2, -0.15) is 0 Å². The lowest BCUT2D eigenvalue weighted by Gasteiger charge is -2.34. The first kappa shape index (κ1) is 43.8. The fourth-order valence-corrected chi connectivity index (χ4v) is 6.73. The van der Waals surface area contributed by atoms with Crippen molar-refractivity contribution >= 4 is 17.4 Å². The van der Waals surface area contributed by atoms with Gasteiger partial charge >= 0.3 is 5.97 Å². The van der Waals surface area contributed by atoms with Crippen molar-refractivity contribution < 1.29 is 43.5 Å². The summed E-state index contributed by atoms with van der Waals surface area (Å²) in [5.74, 6) is -1.38. The maximum atomic E-state index is 12.2. The van der Waals surface area contributed by atoms with Crippen molar-refractivity contribution in [1.82, 2.24) is 15.1 Å². The molecule has 1 aliphatic heterocycles.